The van der Waals surface area contributed by atoms with Crippen LogP contribution in [0.5, 0.6) is 11.5 Å². The molecular formula is C48H57ClF3N7O7PS2+. The van der Waals surface area contributed by atoms with Crippen LogP contribution in [-0.2, 0) is 19.9 Å². The highest BCUT2D eigenvalue weighted by molar-refractivity contribution is 7.92. The molecule has 4 N–H and O–H groups in total. The maximum Gasteiger partial charge on any atom is 0.501 e. The molecule has 69 heavy (non-hydrogen) atoms. The second kappa shape index (κ2) is 19.8. The summed E-state index contributed by atoms with van der Waals surface area (Å²) in [5.74, 6) is -0.944. The quantitative estimate of drug-likeness (QED) is 0.0779. The summed E-state index contributed by atoms with van der Waals surface area (Å²) >= 11 is 6.24. The number of sulfone groups is 1. The van der Waals surface area contributed by atoms with Crippen molar-refractivity contribution in [3.8, 4) is 11.5 Å². The Balaban J connectivity index is 1.03. The molecule has 0 saturated carbocycles. The van der Waals surface area contributed by atoms with Gasteiger partial charge in [-0.3, -0.25) is 19.5 Å². The van der Waals surface area contributed by atoms with Crippen LogP contribution in [-0.4, -0.2) is 130 Å². The zero-order valence-electron chi connectivity index (χ0n) is 38.8. The molecule has 1 atom stereocenters. The predicted octanol–water partition coefficient (Wildman–Crippen LogP) is 8.88. The summed E-state index contributed by atoms with van der Waals surface area (Å²) in [7, 11) is -13.1. The Bertz CT molecular complexity index is 2970. The molecule has 4 heterocycles. The number of aromatic amines is 1. The maximum absolute atomic E-state index is 14.1. The Morgan fingerprint density at radius 2 is 1.67 bits per heavy atom. The summed E-state index contributed by atoms with van der Waals surface area (Å²) in [5, 5.41) is 4.22. The van der Waals surface area contributed by atoms with E-state index in [1.807, 2.05) is 28.4 Å². The molecule has 14 nitrogen and oxygen atoms in total. The van der Waals surface area contributed by atoms with Crippen LogP contribution in [0.2, 0.25) is 5.02 Å². The lowest BCUT2D eigenvalue weighted by Crippen LogP contribution is -2.47. The van der Waals surface area contributed by atoms with E-state index in [1.54, 1.807) is 37.4 Å². The largest absolute Gasteiger partial charge is 0.501 e. The van der Waals surface area contributed by atoms with E-state index in [-0.39, 0.29) is 22.5 Å². The molecule has 1 amide bonds. The number of pyridine rings is 1. The molecule has 3 aromatic carbocycles. The third-order valence-electron chi connectivity index (χ3n) is 13.2. The van der Waals surface area contributed by atoms with E-state index in [2.05, 4.69) is 51.1 Å². The van der Waals surface area contributed by atoms with E-state index in [4.69, 9.17) is 16.3 Å². The van der Waals surface area contributed by atoms with Crippen molar-refractivity contribution < 1.29 is 44.4 Å². The Morgan fingerprint density at radius 1 is 0.957 bits per heavy atom. The van der Waals surface area contributed by atoms with Crippen molar-refractivity contribution in [3.05, 3.63) is 107 Å². The van der Waals surface area contributed by atoms with Crippen LogP contribution >= 0.6 is 19.1 Å². The molecule has 370 valence electrons. The summed E-state index contributed by atoms with van der Waals surface area (Å²) in [4.78, 5) is 36.2. The van der Waals surface area contributed by atoms with E-state index in [1.165, 1.54) is 29.0 Å². The van der Waals surface area contributed by atoms with Crippen molar-refractivity contribution in [2.45, 2.75) is 61.4 Å². The first-order chi connectivity index (χ1) is 32.4. The maximum atomic E-state index is 14.1. The van der Waals surface area contributed by atoms with Gasteiger partial charge in [-0.1, -0.05) is 43.2 Å². The van der Waals surface area contributed by atoms with Gasteiger partial charge in [0.15, 0.2) is 0 Å². The molecule has 2 saturated heterocycles. The number of ether oxygens (including phenoxy) is 1. The van der Waals surface area contributed by atoms with Gasteiger partial charge in [0.05, 0.1) is 41.3 Å². The number of fused-ring (bicyclic) bond motifs is 1. The van der Waals surface area contributed by atoms with Crippen LogP contribution in [0, 0.1) is 5.41 Å². The number of aromatic nitrogens is 2. The fourth-order valence-corrected chi connectivity index (χ4v) is 13.0. The number of piperazine rings is 1. The fraction of sp³-hybridized carbons (Fsp3) is 0.417. The number of carbonyl (C=O) groups is 1. The number of nitrogens with zero attached hydrogens (tertiary/aromatic N) is 4. The highest BCUT2D eigenvalue weighted by Crippen LogP contribution is 2.51. The second-order valence-electron chi connectivity index (χ2n) is 19.2. The lowest BCUT2D eigenvalue weighted by Gasteiger charge is -2.39. The molecule has 2 fully saturated rings. The van der Waals surface area contributed by atoms with E-state index in [9.17, 15) is 39.7 Å². The van der Waals surface area contributed by atoms with Crippen LogP contribution in [0.1, 0.15) is 56.0 Å². The van der Waals surface area contributed by atoms with E-state index < -0.39 is 60.3 Å². The van der Waals surface area contributed by atoms with E-state index in [0.717, 1.165) is 51.0 Å². The molecule has 8 rings (SSSR count). The third kappa shape index (κ3) is 11.9. The average Bonchev–Trinajstić information content (AvgIpc) is 3.76. The number of nitrogens with one attached hydrogen (secondary N) is 3. The summed E-state index contributed by atoms with van der Waals surface area (Å²) in [5.41, 5.74) is -1.00. The van der Waals surface area contributed by atoms with E-state index in [0.29, 0.717) is 72.9 Å². The number of benzene rings is 3. The van der Waals surface area contributed by atoms with Crippen LogP contribution in [0.3, 0.4) is 0 Å². The van der Waals surface area contributed by atoms with Gasteiger partial charge in [-0.05, 0) is 97.3 Å². The van der Waals surface area contributed by atoms with Crippen molar-refractivity contribution >= 4 is 72.8 Å². The van der Waals surface area contributed by atoms with Crippen molar-refractivity contribution in [2.75, 3.05) is 81.6 Å². The van der Waals surface area contributed by atoms with Crippen LogP contribution in [0.4, 0.5) is 24.5 Å². The minimum Gasteiger partial charge on any atom is -0.455 e. The number of hydrogen-bond donors (Lipinski definition) is 4. The normalized spacial score (nSPS) is 18.8. The number of amides is 1. The number of anilines is 2. The number of sulfonamides is 1. The standard InChI is InChI=1S/C48H56ClF3N7O7PS2/c1-32(30-58-21-23-67(4,61)24-22-58)55-42-12-10-39(27-44(42)68(62,63)48(50,51)52)69(64,65)56-46(60)40-11-9-37(26-43(40)66-38-25-34-14-16-53-45(34)54-29-38)59-19-17-57(18-20-59)31-35-13-15-47(2,3)28-41(35)33-5-7-36(49)8-6-33/h5-12,14,16,25-27,29,32,55,61H,13,15,17-24,28,30-31H2,1-4H3,(H-,53,54,56,60)/p+1. The van der Waals surface area contributed by atoms with Crippen molar-refractivity contribution in [2.24, 2.45) is 5.41 Å². The van der Waals surface area contributed by atoms with Crippen LogP contribution in [0.25, 0.3) is 16.6 Å². The number of alkyl halides is 3. The molecule has 0 radical (unpaired) electrons. The monoisotopic (exact) mass is 1030 g/mol. The minimum absolute atomic E-state index is 0.0185. The van der Waals surface area contributed by atoms with Gasteiger partial charge in [-0.15, -0.1) is 0 Å². The molecule has 1 unspecified atom stereocenters. The molecule has 1 aliphatic carbocycles. The lowest BCUT2D eigenvalue weighted by atomic mass is 9.72. The number of allylic oxidation sites excluding steroid dienone is 1. The van der Waals surface area contributed by atoms with Crippen molar-refractivity contribution in [1.29, 1.82) is 0 Å². The van der Waals surface area contributed by atoms with Gasteiger partial charge >= 0.3 is 5.51 Å². The fourth-order valence-electron chi connectivity index (χ4n) is 9.17. The Morgan fingerprint density at radius 3 is 2.36 bits per heavy atom. The Labute approximate surface area is 406 Å². The van der Waals surface area contributed by atoms with Gasteiger partial charge in [0.2, 0.25) is 0 Å². The summed E-state index contributed by atoms with van der Waals surface area (Å²) in [6.07, 6.45) is 7.38. The van der Waals surface area contributed by atoms with Crippen molar-refractivity contribution in [1.82, 2.24) is 24.5 Å². The molecule has 2 aromatic heterocycles. The molecule has 5 aromatic rings. The number of rotatable bonds is 14. The molecular weight excluding hydrogens is 974 g/mol. The van der Waals surface area contributed by atoms with Gasteiger partial charge < -0.3 is 19.9 Å². The van der Waals surface area contributed by atoms with Gasteiger partial charge in [-0.2, -0.15) is 13.2 Å². The first-order valence-corrected chi connectivity index (χ1v) is 28.6. The SMILES string of the molecule is CC(CN1CC[P+](C)(O)CC1)Nc1ccc(S(=O)(=O)NC(=O)c2ccc(N3CCN(CC4=C(c5ccc(Cl)cc5)CC(C)(C)CC4)CC3)cc2Oc2cnc3[nH]ccc3c2)cc1S(=O)(=O)C(F)(F)F. The molecule has 0 bridgehead atoms. The summed E-state index contributed by atoms with van der Waals surface area (Å²) in [6.45, 7) is 13.1. The molecule has 0 spiro atoms. The second-order valence-corrected chi connectivity index (χ2v) is 26.8. The average molecular weight is 1030 g/mol. The van der Waals surface area contributed by atoms with Crippen molar-refractivity contribution in [3.63, 3.8) is 0 Å². The van der Waals surface area contributed by atoms with Gasteiger partial charge in [0, 0.05) is 86.8 Å². The minimum atomic E-state index is -6.09. The first-order valence-electron chi connectivity index (χ1n) is 22.7. The molecule has 3 aliphatic rings. The smallest absolute Gasteiger partial charge is 0.455 e. The zero-order chi connectivity index (χ0) is 49.5. The van der Waals surface area contributed by atoms with Crippen LogP contribution < -0.4 is 19.7 Å². The highest BCUT2D eigenvalue weighted by atomic mass is 35.5. The Hall–Kier alpha value is -4.75. The van der Waals surface area contributed by atoms with Gasteiger partial charge in [0.25, 0.3) is 25.8 Å². The first kappa shape index (κ1) is 50.6. The van der Waals surface area contributed by atoms with Gasteiger partial charge in [-0.25, -0.2) is 26.5 Å². The summed E-state index contributed by atoms with van der Waals surface area (Å²) in [6, 6.07) is 17.9. The summed E-state index contributed by atoms with van der Waals surface area (Å²) < 4.78 is 104. The predicted molar refractivity (Wildman–Crippen MR) is 266 cm³/mol. The third-order valence-corrected chi connectivity index (χ3v) is 18.6. The number of H-pyrrole nitrogens is 1. The number of halogens is 4. The number of hydrogen-bond acceptors (Lipinski definition) is 12. The van der Waals surface area contributed by atoms with Crippen LogP contribution in [0.15, 0.2) is 101 Å². The highest BCUT2D eigenvalue weighted by Gasteiger charge is 2.48. The topological polar surface area (TPSA) is 177 Å². The molecule has 21 heteroatoms. The Kier molecular flexibility index (Phi) is 14.5. The lowest BCUT2D eigenvalue weighted by molar-refractivity contribution is -0.0435. The van der Waals surface area contributed by atoms with Gasteiger partial charge in [0.1, 0.15) is 29.5 Å². The van der Waals surface area contributed by atoms with E-state index >= 15 is 0 Å². The molecule has 2 aliphatic heterocycles. The zero-order valence-corrected chi connectivity index (χ0v) is 42.1. The number of carbonyl (C=O) groups excluding carboxylic acids is 1.